The number of sulfone groups is 1. The lowest BCUT2D eigenvalue weighted by molar-refractivity contribution is -0.154. The molecular weight excluding hydrogens is 352 g/mol. The van der Waals surface area contributed by atoms with Gasteiger partial charge in [-0.05, 0) is 56.9 Å². The zero-order chi connectivity index (χ0) is 18.8. The fraction of sp³-hybridized carbons (Fsp3) is 0.588. The number of carbonyl (C=O) groups excluding carboxylic acids is 1. The summed E-state index contributed by atoms with van der Waals surface area (Å²) in [7, 11) is -3.22. The van der Waals surface area contributed by atoms with Gasteiger partial charge in [-0.15, -0.1) is 0 Å². The summed E-state index contributed by atoms with van der Waals surface area (Å²) >= 11 is 0. The first-order valence-electron chi connectivity index (χ1n) is 8.06. The highest BCUT2D eigenvalue weighted by Gasteiger charge is 2.40. The summed E-state index contributed by atoms with van der Waals surface area (Å²) in [6, 6.07) is 5.46. The van der Waals surface area contributed by atoms with Crippen molar-refractivity contribution in [2.45, 2.75) is 37.3 Å². The molecule has 0 amide bonds. The minimum Gasteiger partial charge on any atom is -0.469 e. The van der Waals surface area contributed by atoms with Crippen LogP contribution in [0.15, 0.2) is 29.2 Å². The van der Waals surface area contributed by atoms with Gasteiger partial charge in [0.2, 0.25) is 9.84 Å². The van der Waals surface area contributed by atoms with Gasteiger partial charge in [-0.25, -0.2) is 8.42 Å². The van der Waals surface area contributed by atoms with Crippen LogP contribution in [0, 0.1) is 11.3 Å². The molecule has 8 heteroatoms. The fourth-order valence-electron chi connectivity index (χ4n) is 3.18. The topological polar surface area (TPSA) is 63.7 Å². The Morgan fingerprint density at radius 3 is 2.40 bits per heavy atom. The number of rotatable bonds is 5. The molecule has 0 bridgehead atoms. The normalized spacial score (nSPS) is 19.1. The second-order valence-corrected chi connectivity index (χ2v) is 8.72. The minimum atomic E-state index is -4.59. The Morgan fingerprint density at radius 2 is 1.88 bits per heavy atom. The van der Waals surface area contributed by atoms with E-state index < -0.39 is 25.9 Å². The van der Waals surface area contributed by atoms with E-state index in [9.17, 15) is 22.0 Å². The molecule has 1 aliphatic heterocycles. The molecule has 0 radical (unpaired) electrons. The Hall–Kier alpha value is -1.70. The molecule has 1 unspecified atom stereocenters. The third kappa shape index (κ3) is 3.94. The number of piperidine rings is 1. The fourth-order valence-corrected chi connectivity index (χ4v) is 3.90. The summed E-state index contributed by atoms with van der Waals surface area (Å²) < 4.78 is 53.1. The lowest BCUT2D eigenvalue weighted by atomic mass is 9.74. The predicted molar refractivity (Wildman–Crippen MR) is 90.4 cm³/mol. The maximum Gasteiger partial charge on any atom is 0.341 e. The van der Waals surface area contributed by atoms with Gasteiger partial charge in [0.25, 0.3) is 0 Å². The number of ether oxygens (including phenoxy) is 1. The maximum absolute atomic E-state index is 12.6. The van der Waals surface area contributed by atoms with Crippen LogP contribution in [0.2, 0.25) is 0 Å². The number of hydrogen-bond donors (Lipinski definition) is 0. The smallest absolute Gasteiger partial charge is 0.341 e. The molecule has 1 aromatic rings. The quantitative estimate of drug-likeness (QED) is 0.740. The second kappa shape index (κ2) is 7.27. The van der Waals surface area contributed by atoms with E-state index in [-0.39, 0.29) is 11.9 Å². The van der Waals surface area contributed by atoms with Gasteiger partial charge in [-0.3, -0.25) is 4.79 Å². The van der Waals surface area contributed by atoms with Crippen molar-refractivity contribution in [3.05, 3.63) is 24.3 Å². The van der Waals surface area contributed by atoms with Crippen molar-refractivity contribution >= 4 is 21.5 Å². The number of carbonyl (C=O) groups is 1. The molecule has 1 aromatic carbocycles. The van der Waals surface area contributed by atoms with Crippen molar-refractivity contribution in [1.82, 2.24) is 0 Å². The number of halogens is 2. The van der Waals surface area contributed by atoms with Gasteiger partial charge in [0.05, 0.1) is 17.4 Å². The Kier molecular flexibility index (Phi) is 5.71. The number of esters is 1. The number of methoxy groups -OCH3 is 1. The average molecular weight is 375 g/mol. The van der Waals surface area contributed by atoms with Gasteiger partial charge in [0.15, 0.2) is 0 Å². The zero-order valence-corrected chi connectivity index (χ0v) is 15.4. The standard InChI is InChI=1S/C17H23F2NO4S/c1-17(2,15(21)24-3)12-5-4-10-20(11-12)13-6-8-14(9-7-13)25(22,23)16(18)19/h6-9,12,16H,4-5,10-11H2,1-3H3. The highest BCUT2D eigenvalue weighted by molar-refractivity contribution is 7.91. The lowest BCUT2D eigenvalue weighted by Gasteiger charge is -2.40. The Balaban J connectivity index is 2.18. The van der Waals surface area contributed by atoms with Crippen LogP contribution >= 0.6 is 0 Å². The Labute approximate surface area is 146 Å². The largest absolute Gasteiger partial charge is 0.469 e. The van der Waals surface area contributed by atoms with Crippen LogP contribution in [-0.4, -0.2) is 40.3 Å². The van der Waals surface area contributed by atoms with Gasteiger partial charge < -0.3 is 9.64 Å². The lowest BCUT2D eigenvalue weighted by Crippen LogP contribution is -2.45. The molecule has 1 saturated heterocycles. The predicted octanol–water partition coefficient (Wildman–Crippen LogP) is 3.10. The molecule has 25 heavy (non-hydrogen) atoms. The van der Waals surface area contributed by atoms with Crippen molar-refractivity contribution in [3.63, 3.8) is 0 Å². The number of nitrogens with zero attached hydrogens (tertiary/aromatic N) is 1. The van der Waals surface area contributed by atoms with E-state index in [1.54, 1.807) is 0 Å². The van der Waals surface area contributed by atoms with Gasteiger partial charge >= 0.3 is 11.7 Å². The number of hydrogen-bond acceptors (Lipinski definition) is 5. The minimum absolute atomic E-state index is 0.0816. The summed E-state index contributed by atoms with van der Waals surface area (Å²) in [6.45, 7) is 5.08. The second-order valence-electron chi connectivity index (χ2n) is 6.80. The number of anilines is 1. The summed E-state index contributed by atoms with van der Waals surface area (Å²) in [5.74, 6) is -3.62. The highest BCUT2D eigenvalue weighted by atomic mass is 32.2. The summed E-state index contributed by atoms with van der Waals surface area (Å²) in [6.07, 6.45) is 1.76. The third-order valence-corrected chi connectivity index (χ3v) is 6.32. The van der Waals surface area contributed by atoms with Crippen LogP contribution in [0.1, 0.15) is 26.7 Å². The van der Waals surface area contributed by atoms with Crippen molar-refractivity contribution < 1.29 is 26.7 Å². The molecule has 1 fully saturated rings. The Morgan fingerprint density at radius 1 is 1.28 bits per heavy atom. The van der Waals surface area contributed by atoms with E-state index in [1.807, 2.05) is 18.7 Å². The molecule has 2 rings (SSSR count). The van der Waals surface area contributed by atoms with Crippen LogP contribution in [0.25, 0.3) is 0 Å². The maximum atomic E-state index is 12.6. The monoisotopic (exact) mass is 375 g/mol. The van der Waals surface area contributed by atoms with E-state index in [0.717, 1.165) is 25.1 Å². The third-order valence-electron chi connectivity index (χ3n) is 4.92. The van der Waals surface area contributed by atoms with E-state index >= 15 is 0 Å². The molecule has 1 aliphatic rings. The number of benzene rings is 1. The summed E-state index contributed by atoms with van der Waals surface area (Å²) in [4.78, 5) is 13.7. The van der Waals surface area contributed by atoms with E-state index in [4.69, 9.17) is 4.74 Å². The Bertz CT molecular complexity index is 717. The SMILES string of the molecule is COC(=O)C(C)(C)C1CCCN(c2ccc(S(=O)(=O)C(F)F)cc2)C1. The molecule has 5 nitrogen and oxygen atoms in total. The number of alkyl halides is 2. The zero-order valence-electron chi connectivity index (χ0n) is 14.5. The summed E-state index contributed by atoms with van der Waals surface area (Å²) in [5, 5.41) is 0. The molecule has 1 atom stereocenters. The van der Waals surface area contributed by atoms with E-state index in [0.29, 0.717) is 6.54 Å². The van der Waals surface area contributed by atoms with Crippen molar-refractivity contribution in [1.29, 1.82) is 0 Å². The molecule has 0 aliphatic carbocycles. The van der Waals surface area contributed by atoms with Crippen LogP contribution in [0.4, 0.5) is 14.5 Å². The first-order chi connectivity index (χ1) is 11.6. The first kappa shape index (κ1) is 19.6. The van der Waals surface area contributed by atoms with E-state index in [2.05, 4.69) is 0 Å². The van der Waals surface area contributed by atoms with Crippen LogP contribution in [-0.2, 0) is 19.4 Å². The first-order valence-corrected chi connectivity index (χ1v) is 9.61. The van der Waals surface area contributed by atoms with Crippen LogP contribution in [0.5, 0.6) is 0 Å². The molecule has 0 N–H and O–H groups in total. The molecule has 1 heterocycles. The molecule has 140 valence electrons. The van der Waals surface area contributed by atoms with Crippen molar-refractivity contribution in [2.24, 2.45) is 11.3 Å². The van der Waals surface area contributed by atoms with Gasteiger partial charge in [0, 0.05) is 18.8 Å². The average Bonchev–Trinajstić information content (AvgIpc) is 2.61. The van der Waals surface area contributed by atoms with Gasteiger partial charge in [-0.1, -0.05) is 0 Å². The van der Waals surface area contributed by atoms with E-state index in [1.165, 1.54) is 31.4 Å². The van der Waals surface area contributed by atoms with Crippen LogP contribution < -0.4 is 4.90 Å². The molecule has 0 saturated carbocycles. The van der Waals surface area contributed by atoms with Crippen molar-refractivity contribution in [2.75, 3.05) is 25.1 Å². The van der Waals surface area contributed by atoms with Crippen molar-refractivity contribution in [3.8, 4) is 0 Å². The molecule has 0 spiro atoms. The van der Waals surface area contributed by atoms with Crippen LogP contribution in [0.3, 0.4) is 0 Å². The van der Waals surface area contributed by atoms with Gasteiger partial charge in [-0.2, -0.15) is 8.78 Å². The molecular formula is C17H23F2NO4S. The molecule has 0 aromatic heterocycles. The highest BCUT2D eigenvalue weighted by Crippen LogP contribution is 2.36. The summed E-state index contributed by atoms with van der Waals surface area (Å²) in [5.41, 5.74) is 0.116. The van der Waals surface area contributed by atoms with Gasteiger partial charge in [0.1, 0.15) is 0 Å².